The predicted octanol–water partition coefficient (Wildman–Crippen LogP) is 0.923. The number of carbonyl (C=O) groups excluding carboxylic acids is 2. The van der Waals surface area contributed by atoms with Crippen LogP contribution in [0.3, 0.4) is 0 Å². The van der Waals surface area contributed by atoms with Crippen molar-refractivity contribution in [2.24, 2.45) is 11.8 Å². The maximum Gasteiger partial charge on any atom is 0.328 e. The first-order valence-electron chi connectivity index (χ1n) is 10.6. The van der Waals surface area contributed by atoms with Crippen molar-refractivity contribution in [3.05, 3.63) is 45.1 Å². The fourth-order valence-corrected chi connectivity index (χ4v) is 4.08. The number of aliphatic carboxylic acids is 1. The molecule has 8 nitrogen and oxygen atoms in total. The molecule has 1 aliphatic carbocycles. The number of nitrogens with one attached hydrogen (secondary N) is 2. The number of hydrogen-bond acceptors (Lipinski definition) is 5. The van der Waals surface area contributed by atoms with E-state index in [0.29, 0.717) is 62.0 Å². The van der Waals surface area contributed by atoms with Gasteiger partial charge in [-0.15, -0.1) is 0 Å². The number of carbonyl (C=O) groups is 2. The molecule has 3 rings (SSSR count). The van der Waals surface area contributed by atoms with E-state index in [1.54, 1.807) is 24.3 Å². The maximum absolute atomic E-state index is 12.5. The van der Waals surface area contributed by atoms with Crippen LogP contribution in [0.2, 0.25) is 0 Å². The lowest BCUT2D eigenvalue weighted by atomic mass is 9.82. The summed E-state index contributed by atoms with van der Waals surface area (Å²) < 4.78 is 1.21. The third-order valence-electron chi connectivity index (χ3n) is 5.94. The predicted molar refractivity (Wildman–Crippen MR) is 111 cm³/mol. The summed E-state index contributed by atoms with van der Waals surface area (Å²) in [5, 5.41) is 14.3. The van der Waals surface area contributed by atoms with E-state index in [9.17, 15) is 24.3 Å². The lowest BCUT2D eigenvalue weighted by molar-refractivity contribution is -0.312. The molecule has 1 aromatic carbocycles. The van der Waals surface area contributed by atoms with Crippen LogP contribution in [0.25, 0.3) is 10.9 Å². The number of unbranched alkanes of at least 4 members (excludes halogenated alkanes) is 2. The molecule has 1 amide bonds. The molecule has 1 fully saturated rings. The van der Waals surface area contributed by atoms with Gasteiger partial charge < -0.3 is 20.2 Å². The summed E-state index contributed by atoms with van der Waals surface area (Å²) >= 11 is 0. The highest BCUT2D eigenvalue weighted by Crippen LogP contribution is 2.27. The number of carboxylic acids is 1. The van der Waals surface area contributed by atoms with Crippen LogP contribution in [0, 0.1) is 11.8 Å². The van der Waals surface area contributed by atoms with Gasteiger partial charge in [0.05, 0.1) is 10.9 Å². The molecule has 0 aliphatic heterocycles. The third-order valence-corrected chi connectivity index (χ3v) is 5.94. The molecule has 0 unspecified atom stereocenters. The van der Waals surface area contributed by atoms with Gasteiger partial charge in [0.1, 0.15) is 0 Å². The van der Waals surface area contributed by atoms with Gasteiger partial charge in [-0.25, -0.2) is 4.79 Å². The van der Waals surface area contributed by atoms with Crippen molar-refractivity contribution < 1.29 is 14.7 Å². The fourth-order valence-electron chi connectivity index (χ4n) is 4.08. The summed E-state index contributed by atoms with van der Waals surface area (Å²) in [5.41, 5.74) is -0.168. The Kier molecular flexibility index (Phi) is 7.43. The minimum absolute atomic E-state index is 0.0160. The molecule has 1 saturated carbocycles. The van der Waals surface area contributed by atoms with Gasteiger partial charge in [-0.05, 0) is 62.5 Å². The van der Waals surface area contributed by atoms with Crippen molar-refractivity contribution in [2.75, 3.05) is 6.54 Å². The molecule has 8 heteroatoms. The van der Waals surface area contributed by atoms with Crippen molar-refractivity contribution in [3.63, 3.8) is 0 Å². The molecule has 0 saturated heterocycles. The van der Waals surface area contributed by atoms with Crippen molar-refractivity contribution in [2.45, 2.75) is 57.9 Å². The minimum atomic E-state index is -0.967. The van der Waals surface area contributed by atoms with Gasteiger partial charge in [0, 0.05) is 25.5 Å². The number of para-hydroxylation sites is 1. The van der Waals surface area contributed by atoms with E-state index < -0.39 is 11.7 Å². The SMILES string of the molecule is O=C(CCCCCn1c(=O)[nH]c2ccccc2c1=O)NCC1CCC(C(=O)[O-])CC1. The monoisotopic (exact) mass is 414 g/mol. The van der Waals surface area contributed by atoms with Gasteiger partial charge in [0.2, 0.25) is 5.91 Å². The normalized spacial score (nSPS) is 18.9. The van der Waals surface area contributed by atoms with Crippen molar-refractivity contribution in [1.82, 2.24) is 14.9 Å². The van der Waals surface area contributed by atoms with E-state index in [-0.39, 0.29) is 17.4 Å². The molecule has 0 radical (unpaired) electrons. The van der Waals surface area contributed by atoms with Crippen LogP contribution in [-0.4, -0.2) is 28.0 Å². The van der Waals surface area contributed by atoms with E-state index in [2.05, 4.69) is 10.3 Å². The highest BCUT2D eigenvalue weighted by Gasteiger charge is 2.22. The van der Waals surface area contributed by atoms with Gasteiger partial charge in [-0.2, -0.15) is 0 Å². The van der Waals surface area contributed by atoms with Crippen LogP contribution in [0.15, 0.2) is 33.9 Å². The Morgan fingerprint density at radius 2 is 1.80 bits per heavy atom. The van der Waals surface area contributed by atoms with Crippen molar-refractivity contribution in [3.8, 4) is 0 Å². The molecule has 0 bridgehead atoms. The summed E-state index contributed by atoms with van der Waals surface area (Å²) in [6.45, 7) is 0.906. The number of carboxylic acid groups (broad SMARTS) is 1. The summed E-state index contributed by atoms with van der Waals surface area (Å²) in [6.07, 6.45) is 5.31. The first-order chi connectivity index (χ1) is 14.5. The number of aromatic amines is 1. The van der Waals surface area contributed by atoms with Crippen molar-refractivity contribution in [1.29, 1.82) is 0 Å². The summed E-state index contributed by atoms with van der Waals surface area (Å²) in [5.74, 6) is -1.00. The molecule has 0 spiro atoms. The van der Waals surface area contributed by atoms with Crippen molar-refractivity contribution >= 4 is 22.8 Å². The summed E-state index contributed by atoms with van der Waals surface area (Å²) in [7, 11) is 0. The number of benzene rings is 1. The van der Waals surface area contributed by atoms with Crippen LogP contribution in [0.5, 0.6) is 0 Å². The summed E-state index contributed by atoms with van der Waals surface area (Å²) in [6, 6.07) is 6.93. The zero-order valence-electron chi connectivity index (χ0n) is 17.0. The van der Waals surface area contributed by atoms with Crippen LogP contribution in [-0.2, 0) is 16.1 Å². The quantitative estimate of drug-likeness (QED) is 0.591. The van der Waals surface area contributed by atoms with Gasteiger partial charge in [0.25, 0.3) is 5.56 Å². The van der Waals surface area contributed by atoms with Crippen LogP contribution < -0.4 is 21.7 Å². The van der Waals surface area contributed by atoms with Gasteiger partial charge >= 0.3 is 5.69 Å². The van der Waals surface area contributed by atoms with E-state index in [1.165, 1.54) is 4.57 Å². The van der Waals surface area contributed by atoms with Gasteiger partial charge in [0.15, 0.2) is 0 Å². The molecular formula is C22H28N3O5-. The number of amides is 1. The number of fused-ring (bicyclic) bond motifs is 1. The first-order valence-corrected chi connectivity index (χ1v) is 10.6. The molecule has 1 heterocycles. The number of aromatic nitrogens is 2. The number of hydrogen-bond donors (Lipinski definition) is 2. The topological polar surface area (TPSA) is 124 Å². The smallest absolute Gasteiger partial charge is 0.328 e. The average Bonchev–Trinajstić information content (AvgIpc) is 2.74. The number of nitrogens with zero attached hydrogens (tertiary/aromatic N) is 1. The van der Waals surface area contributed by atoms with E-state index in [4.69, 9.17) is 0 Å². The molecule has 1 aromatic heterocycles. The van der Waals surface area contributed by atoms with Gasteiger partial charge in [-0.3, -0.25) is 14.2 Å². The number of rotatable bonds is 9. The molecular weight excluding hydrogens is 386 g/mol. The molecule has 30 heavy (non-hydrogen) atoms. The second-order valence-corrected chi connectivity index (χ2v) is 8.08. The lowest BCUT2D eigenvalue weighted by Crippen LogP contribution is -2.36. The molecule has 162 valence electrons. The Hall–Kier alpha value is -2.90. The zero-order valence-corrected chi connectivity index (χ0v) is 17.0. The van der Waals surface area contributed by atoms with E-state index in [1.807, 2.05) is 0 Å². The fraction of sp³-hybridized carbons (Fsp3) is 0.545. The Labute approximate surface area is 174 Å². The lowest BCUT2D eigenvalue weighted by Gasteiger charge is -2.29. The van der Waals surface area contributed by atoms with E-state index in [0.717, 1.165) is 19.3 Å². The van der Waals surface area contributed by atoms with E-state index >= 15 is 0 Å². The molecule has 0 atom stereocenters. The molecule has 2 aromatic rings. The Bertz CT molecular complexity index is 1000. The average molecular weight is 414 g/mol. The first kappa shape index (κ1) is 21.8. The second-order valence-electron chi connectivity index (χ2n) is 8.08. The number of H-pyrrole nitrogens is 1. The highest BCUT2D eigenvalue weighted by molar-refractivity contribution is 5.77. The second kappa shape index (κ2) is 10.2. The maximum atomic E-state index is 12.5. The van der Waals surface area contributed by atoms with Gasteiger partial charge in [-0.1, -0.05) is 18.6 Å². The summed E-state index contributed by atoms with van der Waals surface area (Å²) in [4.78, 5) is 50.2. The minimum Gasteiger partial charge on any atom is -0.550 e. The Morgan fingerprint density at radius 1 is 1.07 bits per heavy atom. The van der Waals surface area contributed by atoms with Crippen LogP contribution in [0.4, 0.5) is 0 Å². The molecule has 1 aliphatic rings. The Balaban J connectivity index is 1.35. The Morgan fingerprint density at radius 3 is 2.53 bits per heavy atom. The largest absolute Gasteiger partial charge is 0.550 e. The van der Waals surface area contributed by atoms with Crippen LogP contribution >= 0.6 is 0 Å². The highest BCUT2D eigenvalue weighted by atomic mass is 16.4. The molecule has 2 N–H and O–H groups in total. The van der Waals surface area contributed by atoms with Crippen LogP contribution in [0.1, 0.15) is 51.4 Å². The third kappa shape index (κ3) is 5.58. The zero-order chi connectivity index (χ0) is 21.5. The standard InChI is InChI=1S/C22H29N3O5/c26-19(23-14-15-9-11-16(12-10-15)21(28)29)8-2-1-5-13-25-20(27)17-6-3-4-7-18(17)24-22(25)30/h3-4,6-7,15-16H,1-2,5,8-14H2,(H,23,26)(H,24,30)(H,28,29)/p-1.